The Morgan fingerprint density at radius 2 is 1.86 bits per heavy atom. The first-order chi connectivity index (χ1) is 13.5. The number of hydrogen-bond acceptors (Lipinski definition) is 5. The molecule has 0 aromatic heterocycles. The number of anilines is 1. The van der Waals surface area contributed by atoms with Crippen LogP contribution in [-0.4, -0.2) is 36.7 Å². The molecule has 28 heavy (non-hydrogen) atoms. The van der Waals surface area contributed by atoms with Crippen molar-refractivity contribution >= 4 is 35.2 Å². The van der Waals surface area contributed by atoms with Crippen molar-refractivity contribution in [3.63, 3.8) is 0 Å². The van der Waals surface area contributed by atoms with E-state index in [1.54, 1.807) is 36.4 Å². The molecule has 2 N–H and O–H groups in total. The molecule has 8 heteroatoms. The molecule has 0 saturated heterocycles. The van der Waals surface area contributed by atoms with Crippen molar-refractivity contribution in [1.82, 2.24) is 5.32 Å². The van der Waals surface area contributed by atoms with Gasteiger partial charge in [-0.05, 0) is 49.4 Å². The van der Waals surface area contributed by atoms with Gasteiger partial charge < -0.3 is 15.4 Å². The van der Waals surface area contributed by atoms with Gasteiger partial charge in [0.2, 0.25) is 0 Å². The van der Waals surface area contributed by atoms with E-state index in [0.717, 1.165) is 4.90 Å². The summed E-state index contributed by atoms with van der Waals surface area (Å²) in [6.07, 6.45) is 0.127. The van der Waals surface area contributed by atoms with Gasteiger partial charge in [-0.2, -0.15) is 0 Å². The lowest BCUT2D eigenvalue weighted by molar-refractivity contribution is -0.146. The third-order valence-corrected chi connectivity index (χ3v) is 4.51. The maximum atomic E-state index is 12.8. The van der Waals surface area contributed by atoms with Crippen molar-refractivity contribution in [2.45, 2.75) is 18.2 Å². The highest BCUT2D eigenvalue weighted by molar-refractivity contribution is 7.99. The van der Waals surface area contributed by atoms with Gasteiger partial charge in [-0.15, -0.1) is 11.8 Å². The molecule has 0 spiro atoms. The van der Waals surface area contributed by atoms with Crippen molar-refractivity contribution in [1.29, 1.82) is 0 Å². The van der Waals surface area contributed by atoms with E-state index >= 15 is 0 Å². The van der Waals surface area contributed by atoms with Crippen LogP contribution in [0.5, 0.6) is 0 Å². The quantitative estimate of drug-likeness (QED) is 0.495. The molecule has 0 fully saturated rings. The normalized spacial score (nSPS) is 10.2. The van der Waals surface area contributed by atoms with Gasteiger partial charge in [0.25, 0.3) is 11.8 Å². The molecule has 2 aromatic rings. The third-order valence-electron chi connectivity index (χ3n) is 3.50. The minimum atomic E-state index is -0.499. The minimum absolute atomic E-state index is 0.127. The number of halogens is 1. The second-order valence-electron chi connectivity index (χ2n) is 5.70. The Kier molecular flexibility index (Phi) is 8.48. The van der Waals surface area contributed by atoms with E-state index < -0.39 is 18.5 Å². The fourth-order valence-corrected chi connectivity index (χ4v) is 3.03. The number of esters is 1. The second kappa shape index (κ2) is 11.1. The number of thioether (sulfide) groups is 1. The van der Waals surface area contributed by atoms with Crippen LogP contribution in [0.3, 0.4) is 0 Å². The maximum Gasteiger partial charge on any atom is 0.307 e. The molecule has 0 heterocycles. The molecular weight excluding hydrogens is 383 g/mol. The number of carbonyl (C=O) groups is 3. The third kappa shape index (κ3) is 7.40. The van der Waals surface area contributed by atoms with E-state index in [-0.39, 0.29) is 18.1 Å². The first-order valence-electron chi connectivity index (χ1n) is 8.70. The zero-order chi connectivity index (χ0) is 20.4. The summed E-state index contributed by atoms with van der Waals surface area (Å²) in [7, 11) is 0. The van der Waals surface area contributed by atoms with Crippen LogP contribution in [0.15, 0.2) is 53.4 Å². The van der Waals surface area contributed by atoms with Crippen LogP contribution in [0.1, 0.15) is 23.7 Å². The zero-order valence-corrected chi connectivity index (χ0v) is 16.2. The Hall–Kier alpha value is -2.87. The van der Waals surface area contributed by atoms with E-state index in [1.807, 2.05) is 6.92 Å². The molecule has 2 rings (SSSR count). The topological polar surface area (TPSA) is 84.5 Å². The fraction of sp³-hybridized carbons (Fsp3) is 0.250. The van der Waals surface area contributed by atoms with Crippen LogP contribution in [0.4, 0.5) is 10.1 Å². The minimum Gasteiger partial charge on any atom is -0.456 e. The molecule has 0 aliphatic carbocycles. The van der Waals surface area contributed by atoms with Gasteiger partial charge in [0.05, 0.1) is 6.42 Å². The van der Waals surface area contributed by atoms with Crippen LogP contribution in [-0.2, 0) is 14.3 Å². The lowest BCUT2D eigenvalue weighted by atomic mass is 10.2. The van der Waals surface area contributed by atoms with Gasteiger partial charge in [-0.3, -0.25) is 14.4 Å². The molecule has 6 nitrogen and oxygen atoms in total. The predicted octanol–water partition coefficient (Wildman–Crippen LogP) is 3.24. The van der Waals surface area contributed by atoms with Gasteiger partial charge in [0.1, 0.15) is 5.82 Å². The monoisotopic (exact) mass is 404 g/mol. The summed E-state index contributed by atoms with van der Waals surface area (Å²) >= 11 is 1.40. The van der Waals surface area contributed by atoms with E-state index in [4.69, 9.17) is 4.74 Å². The standard InChI is InChI=1S/C20H21FN2O4S/c1-2-22-20(26)14-4-3-5-16(12-14)23-18(24)13-27-19(25)10-11-28-17-8-6-15(21)7-9-17/h3-9,12H,2,10-11,13H2,1H3,(H,22,26)(H,23,24). The molecule has 0 bridgehead atoms. The smallest absolute Gasteiger partial charge is 0.307 e. The molecule has 148 valence electrons. The largest absolute Gasteiger partial charge is 0.456 e. The highest BCUT2D eigenvalue weighted by Gasteiger charge is 2.10. The van der Waals surface area contributed by atoms with Crippen molar-refractivity contribution in [2.75, 3.05) is 24.2 Å². The Balaban J connectivity index is 1.71. The summed E-state index contributed by atoms with van der Waals surface area (Å²) in [5, 5.41) is 5.26. The van der Waals surface area contributed by atoms with Crippen molar-refractivity contribution in [3.05, 3.63) is 59.9 Å². The lowest BCUT2D eigenvalue weighted by Crippen LogP contribution is -2.23. The van der Waals surface area contributed by atoms with Crippen LogP contribution < -0.4 is 10.6 Å². The Morgan fingerprint density at radius 3 is 2.57 bits per heavy atom. The number of hydrogen-bond donors (Lipinski definition) is 2. The van der Waals surface area contributed by atoms with Crippen molar-refractivity contribution in [2.24, 2.45) is 0 Å². The number of rotatable bonds is 9. The number of ether oxygens (including phenoxy) is 1. The molecule has 0 aliphatic heterocycles. The molecule has 0 unspecified atom stereocenters. The lowest BCUT2D eigenvalue weighted by Gasteiger charge is -2.08. The van der Waals surface area contributed by atoms with Gasteiger partial charge in [0.15, 0.2) is 6.61 Å². The molecule has 0 atom stereocenters. The maximum absolute atomic E-state index is 12.8. The number of benzene rings is 2. The summed E-state index contributed by atoms with van der Waals surface area (Å²) < 4.78 is 17.8. The van der Waals surface area contributed by atoms with E-state index in [0.29, 0.717) is 23.5 Å². The zero-order valence-electron chi connectivity index (χ0n) is 15.4. The molecule has 2 amide bonds. The van der Waals surface area contributed by atoms with E-state index in [9.17, 15) is 18.8 Å². The highest BCUT2D eigenvalue weighted by Crippen LogP contribution is 2.19. The summed E-state index contributed by atoms with van der Waals surface area (Å²) in [5.41, 5.74) is 0.867. The summed E-state index contributed by atoms with van der Waals surface area (Å²) in [5.74, 6) is -1.08. The predicted molar refractivity (Wildman–Crippen MR) is 106 cm³/mol. The summed E-state index contributed by atoms with van der Waals surface area (Å²) in [6.45, 7) is 1.91. The Labute approximate surface area is 166 Å². The second-order valence-corrected chi connectivity index (χ2v) is 6.87. The first kappa shape index (κ1) is 21.4. The van der Waals surface area contributed by atoms with Crippen molar-refractivity contribution in [3.8, 4) is 0 Å². The molecule has 0 saturated carbocycles. The van der Waals surface area contributed by atoms with Crippen LogP contribution in [0, 0.1) is 5.82 Å². The average molecular weight is 404 g/mol. The van der Waals surface area contributed by atoms with Crippen LogP contribution >= 0.6 is 11.8 Å². The van der Waals surface area contributed by atoms with Crippen LogP contribution in [0.25, 0.3) is 0 Å². The van der Waals surface area contributed by atoms with Crippen LogP contribution in [0.2, 0.25) is 0 Å². The molecular formula is C20H21FN2O4S. The Morgan fingerprint density at radius 1 is 1.11 bits per heavy atom. The van der Waals surface area contributed by atoms with Gasteiger partial charge >= 0.3 is 5.97 Å². The van der Waals surface area contributed by atoms with Gasteiger partial charge in [-0.1, -0.05) is 6.07 Å². The van der Waals surface area contributed by atoms with Gasteiger partial charge in [-0.25, -0.2) is 4.39 Å². The molecule has 0 radical (unpaired) electrons. The Bertz CT molecular complexity index is 827. The summed E-state index contributed by atoms with van der Waals surface area (Å²) in [6, 6.07) is 12.4. The number of carbonyl (C=O) groups excluding carboxylic acids is 3. The average Bonchev–Trinajstić information content (AvgIpc) is 2.68. The van der Waals surface area contributed by atoms with E-state index in [2.05, 4.69) is 10.6 Å². The fourth-order valence-electron chi connectivity index (χ4n) is 2.20. The number of amides is 2. The van der Waals surface area contributed by atoms with Gasteiger partial charge in [0, 0.05) is 28.4 Å². The SMILES string of the molecule is CCNC(=O)c1cccc(NC(=O)COC(=O)CCSc2ccc(F)cc2)c1. The molecule has 0 aliphatic rings. The first-order valence-corrected chi connectivity index (χ1v) is 9.68. The van der Waals surface area contributed by atoms with E-state index in [1.165, 1.54) is 23.9 Å². The highest BCUT2D eigenvalue weighted by atomic mass is 32.2. The number of nitrogens with one attached hydrogen (secondary N) is 2. The summed E-state index contributed by atoms with van der Waals surface area (Å²) in [4.78, 5) is 36.3. The van der Waals surface area contributed by atoms with Crippen molar-refractivity contribution < 1.29 is 23.5 Å². The molecule has 2 aromatic carbocycles.